The molecule has 0 bridgehead atoms. The lowest BCUT2D eigenvalue weighted by Crippen LogP contribution is -2.68. The molecule has 0 saturated heterocycles. The van der Waals surface area contributed by atoms with Gasteiger partial charge in [-0.15, -0.1) is 0 Å². The van der Waals surface area contributed by atoms with E-state index in [-0.39, 0.29) is 52.4 Å². The number of aliphatic hydroxyl groups is 5. The zero-order valence-corrected chi connectivity index (χ0v) is 20.6. The first kappa shape index (κ1) is 24.7. The van der Waals surface area contributed by atoms with E-state index in [1.807, 2.05) is 19.9 Å². The van der Waals surface area contributed by atoms with Crippen molar-refractivity contribution < 1.29 is 25.5 Å². The van der Waals surface area contributed by atoms with E-state index in [0.29, 0.717) is 19.3 Å². The first-order chi connectivity index (χ1) is 14.8. The van der Waals surface area contributed by atoms with E-state index < -0.39 is 23.9 Å². The molecule has 0 radical (unpaired) electrons. The molecule has 184 valence electrons. The molecule has 5 nitrogen and oxygen atoms in total. The normalized spacial score (nSPS) is 53.0. The molecule has 4 rings (SSSR count). The SMILES string of the molecule is CC(C)[C@@H](O)/C=C/[C@@H](C)[C@H]1C[C@@H](O)[C@@H]2[C@]1(C)CC[C@H]1[C@@]2(O)C[C@H](O)C2C[C@@H](O)CC[C@@]21C. The Labute approximate surface area is 193 Å². The van der Waals surface area contributed by atoms with Crippen molar-refractivity contribution in [2.45, 2.75) is 110 Å². The van der Waals surface area contributed by atoms with Crippen molar-refractivity contribution in [1.82, 2.24) is 0 Å². The summed E-state index contributed by atoms with van der Waals surface area (Å²) < 4.78 is 0. The number of hydrogen-bond donors (Lipinski definition) is 5. The van der Waals surface area contributed by atoms with E-state index in [1.165, 1.54) is 0 Å². The van der Waals surface area contributed by atoms with Gasteiger partial charge in [-0.2, -0.15) is 0 Å². The molecule has 4 saturated carbocycles. The maximum absolute atomic E-state index is 12.3. The lowest BCUT2D eigenvalue weighted by Gasteiger charge is -2.66. The van der Waals surface area contributed by atoms with Crippen LogP contribution in [0.2, 0.25) is 0 Å². The van der Waals surface area contributed by atoms with Crippen LogP contribution in [0.5, 0.6) is 0 Å². The number of aliphatic hydroxyl groups excluding tert-OH is 4. The summed E-state index contributed by atoms with van der Waals surface area (Å²) in [4.78, 5) is 0. The fourth-order valence-corrected chi connectivity index (χ4v) is 8.98. The quantitative estimate of drug-likeness (QED) is 0.423. The highest BCUT2D eigenvalue weighted by Gasteiger charge is 2.70. The van der Waals surface area contributed by atoms with Crippen molar-refractivity contribution in [3.63, 3.8) is 0 Å². The Kier molecular flexibility index (Phi) is 6.42. The van der Waals surface area contributed by atoms with Crippen LogP contribution in [-0.4, -0.2) is 55.5 Å². The summed E-state index contributed by atoms with van der Waals surface area (Å²) in [6, 6.07) is 0. The van der Waals surface area contributed by atoms with Crippen molar-refractivity contribution >= 4 is 0 Å². The molecule has 5 N–H and O–H groups in total. The smallest absolute Gasteiger partial charge is 0.0763 e. The molecule has 0 amide bonds. The molecule has 4 aliphatic carbocycles. The molecule has 0 aromatic rings. The van der Waals surface area contributed by atoms with Gasteiger partial charge in [0.1, 0.15) is 0 Å². The molecule has 32 heavy (non-hydrogen) atoms. The van der Waals surface area contributed by atoms with Gasteiger partial charge in [-0.25, -0.2) is 0 Å². The van der Waals surface area contributed by atoms with Crippen LogP contribution in [0.15, 0.2) is 12.2 Å². The summed E-state index contributed by atoms with van der Waals surface area (Å²) in [5.74, 6) is 0.363. The Morgan fingerprint density at radius 3 is 2.19 bits per heavy atom. The van der Waals surface area contributed by atoms with E-state index in [4.69, 9.17) is 0 Å². The van der Waals surface area contributed by atoms with Crippen molar-refractivity contribution in [2.24, 2.45) is 46.3 Å². The van der Waals surface area contributed by atoms with Gasteiger partial charge in [0.15, 0.2) is 0 Å². The molecule has 12 atom stereocenters. The van der Waals surface area contributed by atoms with E-state index >= 15 is 0 Å². The van der Waals surface area contributed by atoms with Crippen LogP contribution in [0.4, 0.5) is 0 Å². The maximum atomic E-state index is 12.3. The first-order valence-electron chi connectivity index (χ1n) is 13.0. The highest BCUT2D eigenvalue weighted by molar-refractivity contribution is 5.20. The summed E-state index contributed by atoms with van der Waals surface area (Å²) in [5, 5.41) is 55.3. The van der Waals surface area contributed by atoms with Crippen molar-refractivity contribution in [1.29, 1.82) is 0 Å². The third-order valence-electron chi connectivity index (χ3n) is 10.7. The van der Waals surface area contributed by atoms with Crippen molar-refractivity contribution in [3.8, 4) is 0 Å². The Hall–Kier alpha value is -0.460. The summed E-state index contributed by atoms with van der Waals surface area (Å²) >= 11 is 0. The van der Waals surface area contributed by atoms with Gasteiger partial charge in [-0.3, -0.25) is 0 Å². The van der Waals surface area contributed by atoms with E-state index in [0.717, 1.165) is 25.7 Å². The van der Waals surface area contributed by atoms with E-state index in [1.54, 1.807) is 0 Å². The second-order valence-electron chi connectivity index (χ2n) is 12.8. The molecule has 0 aliphatic heterocycles. The van der Waals surface area contributed by atoms with Gasteiger partial charge in [0.05, 0.1) is 30.0 Å². The van der Waals surface area contributed by atoms with Crippen LogP contribution in [0, 0.1) is 46.3 Å². The van der Waals surface area contributed by atoms with Gasteiger partial charge in [0.2, 0.25) is 0 Å². The standard InChI is InChI=1S/C27H46O5/c1-15(2)20(29)7-6-16(3)18-13-21(30)24-26(18,5)11-9-23-25(4)10-8-17(28)12-19(25)22(31)14-27(23,24)32/h6-7,15-24,28-32H,8-14H2,1-5H3/b7-6+/t16-,17+,18-,19?,20+,21-,22+,23-,24-,25+,26-,27+/m1/s1. The second kappa shape index (κ2) is 8.34. The number of allylic oxidation sites excluding steroid dienone is 1. The summed E-state index contributed by atoms with van der Waals surface area (Å²) in [6.45, 7) is 10.6. The minimum absolute atomic E-state index is 0.00889. The van der Waals surface area contributed by atoms with Crippen LogP contribution in [0.1, 0.15) is 79.6 Å². The van der Waals surface area contributed by atoms with Gasteiger partial charge in [-0.05, 0) is 78.9 Å². The van der Waals surface area contributed by atoms with Crippen LogP contribution in [-0.2, 0) is 0 Å². The molecule has 4 aliphatic rings. The molecule has 0 aromatic carbocycles. The van der Waals surface area contributed by atoms with Crippen LogP contribution in [0.3, 0.4) is 0 Å². The summed E-state index contributed by atoms with van der Waals surface area (Å²) in [7, 11) is 0. The Bertz CT molecular complexity index is 723. The first-order valence-corrected chi connectivity index (χ1v) is 13.0. The van der Waals surface area contributed by atoms with Gasteiger partial charge in [0, 0.05) is 12.3 Å². The molecule has 5 heteroatoms. The lowest BCUT2D eigenvalue weighted by molar-refractivity contribution is -0.263. The summed E-state index contributed by atoms with van der Waals surface area (Å²) in [5.41, 5.74) is -1.51. The number of fused-ring (bicyclic) bond motifs is 5. The lowest BCUT2D eigenvalue weighted by atomic mass is 9.42. The summed E-state index contributed by atoms with van der Waals surface area (Å²) in [6.07, 6.45) is 6.86. The maximum Gasteiger partial charge on any atom is 0.0763 e. The fraction of sp³-hybridized carbons (Fsp3) is 0.926. The van der Waals surface area contributed by atoms with Gasteiger partial charge in [-0.1, -0.05) is 46.8 Å². The largest absolute Gasteiger partial charge is 0.393 e. The van der Waals surface area contributed by atoms with Crippen LogP contribution >= 0.6 is 0 Å². The monoisotopic (exact) mass is 450 g/mol. The molecule has 1 unspecified atom stereocenters. The van der Waals surface area contributed by atoms with Crippen LogP contribution in [0.25, 0.3) is 0 Å². The van der Waals surface area contributed by atoms with Gasteiger partial charge >= 0.3 is 0 Å². The minimum atomic E-state index is -1.09. The highest BCUT2D eigenvalue weighted by Crippen LogP contribution is 2.69. The average Bonchev–Trinajstić information content (AvgIpc) is 2.98. The second-order valence-corrected chi connectivity index (χ2v) is 12.8. The Balaban J connectivity index is 1.64. The zero-order chi connectivity index (χ0) is 23.6. The fourth-order valence-electron chi connectivity index (χ4n) is 8.98. The molecule has 0 heterocycles. The minimum Gasteiger partial charge on any atom is -0.393 e. The van der Waals surface area contributed by atoms with Crippen molar-refractivity contribution in [3.05, 3.63) is 12.2 Å². The molecular weight excluding hydrogens is 404 g/mol. The topological polar surface area (TPSA) is 101 Å². The predicted octanol–water partition coefficient (Wildman–Crippen LogP) is 3.27. The van der Waals surface area contributed by atoms with E-state index in [9.17, 15) is 25.5 Å². The molecular formula is C27H46O5. The molecule has 4 fully saturated rings. The third kappa shape index (κ3) is 3.62. The van der Waals surface area contributed by atoms with Gasteiger partial charge in [0.25, 0.3) is 0 Å². The average molecular weight is 451 g/mol. The van der Waals surface area contributed by atoms with Crippen LogP contribution < -0.4 is 0 Å². The zero-order valence-electron chi connectivity index (χ0n) is 20.6. The number of hydrogen-bond acceptors (Lipinski definition) is 5. The molecule has 0 aromatic heterocycles. The van der Waals surface area contributed by atoms with Gasteiger partial charge < -0.3 is 25.5 Å². The molecule has 0 spiro atoms. The Morgan fingerprint density at radius 1 is 0.875 bits per heavy atom. The number of rotatable bonds is 4. The Morgan fingerprint density at radius 2 is 1.53 bits per heavy atom. The van der Waals surface area contributed by atoms with Crippen molar-refractivity contribution in [2.75, 3.05) is 0 Å². The van der Waals surface area contributed by atoms with E-state index in [2.05, 4.69) is 26.8 Å². The predicted molar refractivity (Wildman–Crippen MR) is 125 cm³/mol. The third-order valence-corrected chi connectivity index (χ3v) is 10.7. The highest BCUT2D eigenvalue weighted by atomic mass is 16.3.